The molecule has 7 heteroatoms. The maximum Gasteiger partial charge on any atom is 0.261 e. The smallest absolute Gasteiger partial charge is 0.261 e. The highest BCUT2D eigenvalue weighted by molar-refractivity contribution is 9.10. The first-order chi connectivity index (χ1) is 9.79. The second-order valence-corrected chi connectivity index (χ2v) is 7.60. The van der Waals surface area contributed by atoms with Gasteiger partial charge in [0, 0.05) is 10.5 Å². The fraction of sp³-hybridized carbons (Fsp3) is 0.143. The van der Waals surface area contributed by atoms with E-state index in [-0.39, 0.29) is 10.9 Å². The molecule has 0 radical (unpaired) electrons. The highest BCUT2D eigenvalue weighted by atomic mass is 79.9. The molecule has 112 valence electrons. The SMILES string of the molecule is CC(N)c1cccc(S(=O)(=O)Nc2cc(Br)ccc2Cl)c1. The Morgan fingerprint density at radius 1 is 1.24 bits per heavy atom. The minimum absolute atomic E-state index is 0.147. The largest absolute Gasteiger partial charge is 0.324 e. The van der Waals surface area contributed by atoms with Gasteiger partial charge in [0.25, 0.3) is 10.0 Å². The van der Waals surface area contributed by atoms with E-state index in [2.05, 4.69) is 20.7 Å². The Balaban J connectivity index is 2.38. The molecule has 0 aromatic heterocycles. The average molecular weight is 390 g/mol. The van der Waals surface area contributed by atoms with Gasteiger partial charge < -0.3 is 5.73 Å². The van der Waals surface area contributed by atoms with Gasteiger partial charge in [-0.3, -0.25) is 4.72 Å². The van der Waals surface area contributed by atoms with E-state index < -0.39 is 10.0 Å². The Bertz CT molecular complexity index is 763. The summed E-state index contributed by atoms with van der Waals surface area (Å²) in [4.78, 5) is 0.147. The normalized spacial score (nSPS) is 13.0. The summed E-state index contributed by atoms with van der Waals surface area (Å²) in [5.41, 5.74) is 6.85. The lowest BCUT2D eigenvalue weighted by molar-refractivity contribution is 0.601. The number of benzene rings is 2. The van der Waals surface area contributed by atoms with E-state index in [4.69, 9.17) is 17.3 Å². The predicted molar refractivity (Wildman–Crippen MR) is 89.0 cm³/mol. The first-order valence-corrected chi connectivity index (χ1v) is 8.78. The summed E-state index contributed by atoms with van der Waals surface area (Å²) in [7, 11) is -3.72. The van der Waals surface area contributed by atoms with Crippen LogP contribution in [0.25, 0.3) is 0 Å². The van der Waals surface area contributed by atoms with E-state index in [1.54, 1.807) is 43.3 Å². The van der Waals surface area contributed by atoms with Crippen LogP contribution in [0.2, 0.25) is 5.02 Å². The summed E-state index contributed by atoms with van der Waals surface area (Å²) in [6, 6.07) is 11.2. The molecule has 2 rings (SSSR count). The Labute approximate surface area is 137 Å². The first-order valence-electron chi connectivity index (χ1n) is 6.13. The molecule has 0 aliphatic rings. The fourth-order valence-corrected chi connectivity index (χ4v) is 3.45. The van der Waals surface area contributed by atoms with Gasteiger partial charge in [0.2, 0.25) is 0 Å². The zero-order valence-corrected chi connectivity index (χ0v) is 14.3. The van der Waals surface area contributed by atoms with Gasteiger partial charge in [-0.05, 0) is 42.8 Å². The molecule has 0 heterocycles. The van der Waals surface area contributed by atoms with E-state index >= 15 is 0 Å². The molecule has 0 spiro atoms. The molecular formula is C14H14BrClN2O2S. The Morgan fingerprint density at radius 2 is 1.95 bits per heavy atom. The van der Waals surface area contributed by atoms with Crippen LogP contribution in [0.3, 0.4) is 0 Å². The number of hydrogen-bond donors (Lipinski definition) is 2. The number of nitrogens with two attached hydrogens (primary N) is 1. The van der Waals surface area contributed by atoms with Crippen molar-refractivity contribution in [2.45, 2.75) is 17.9 Å². The van der Waals surface area contributed by atoms with Gasteiger partial charge in [-0.1, -0.05) is 39.7 Å². The lowest BCUT2D eigenvalue weighted by atomic mass is 10.1. The second kappa shape index (κ2) is 6.36. The molecule has 0 saturated heterocycles. The molecule has 0 bridgehead atoms. The van der Waals surface area contributed by atoms with Crippen LogP contribution in [0, 0.1) is 0 Å². The van der Waals surface area contributed by atoms with Crippen LogP contribution in [-0.4, -0.2) is 8.42 Å². The summed E-state index contributed by atoms with van der Waals surface area (Å²) in [5, 5.41) is 0.324. The average Bonchev–Trinajstić information content (AvgIpc) is 2.43. The lowest BCUT2D eigenvalue weighted by Gasteiger charge is -2.12. The van der Waals surface area contributed by atoms with Crippen molar-refractivity contribution in [2.24, 2.45) is 5.73 Å². The molecule has 21 heavy (non-hydrogen) atoms. The topological polar surface area (TPSA) is 72.2 Å². The molecule has 0 fully saturated rings. The van der Waals surface area contributed by atoms with Crippen LogP contribution < -0.4 is 10.5 Å². The molecule has 3 N–H and O–H groups in total. The van der Waals surface area contributed by atoms with E-state index in [1.165, 1.54) is 6.07 Å². The van der Waals surface area contributed by atoms with Crippen molar-refractivity contribution in [3.8, 4) is 0 Å². The highest BCUT2D eigenvalue weighted by Gasteiger charge is 2.17. The number of halogens is 2. The Morgan fingerprint density at radius 3 is 2.62 bits per heavy atom. The third-order valence-corrected chi connectivity index (χ3v) is 5.05. The van der Waals surface area contributed by atoms with Crippen LogP contribution in [0.1, 0.15) is 18.5 Å². The zero-order valence-electron chi connectivity index (χ0n) is 11.2. The third-order valence-electron chi connectivity index (χ3n) is 2.87. The first kappa shape index (κ1) is 16.3. The van der Waals surface area contributed by atoms with Gasteiger partial charge in [-0.15, -0.1) is 0 Å². The Kier molecular flexibility index (Phi) is 4.93. The maximum atomic E-state index is 12.4. The lowest BCUT2D eigenvalue weighted by Crippen LogP contribution is -2.14. The minimum Gasteiger partial charge on any atom is -0.324 e. The van der Waals surface area contributed by atoms with Crippen molar-refractivity contribution in [2.75, 3.05) is 4.72 Å². The number of anilines is 1. The molecule has 0 amide bonds. The van der Waals surface area contributed by atoms with E-state index in [0.717, 1.165) is 10.0 Å². The Hall–Kier alpha value is -1.08. The summed E-state index contributed by atoms with van der Waals surface area (Å²) < 4.78 is 28.0. The number of nitrogens with one attached hydrogen (secondary N) is 1. The monoisotopic (exact) mass is 388 g/mol. The van der Waals surface area contributed by atoms with Crippen LogP contribution >= 0.6 is 27.5 Å². The van der Waals surface area contributed by atoms with Gasteiger partial charge in [0.15, 0.2) is 0 Å². The fourth-order valence-electron chi connectivity index (χ4n) is 1.74. The molecular weight excluding hydrogens is 376 g/mol. The van der Waals surface area contributed by atoms with Crippen molar-refractivity contribution >= 4 is 43.2 Å². The highest BCUT2D eigenvalue weighted by Crippen LogP contribution is 2.28. The number of rotatable bonds is 4. The summed E-state index contributed by atoms with van der Waals surface area (Å²) >= 11 is 9.28. The summed E-state index contributed by atoms with van der Waals surface area (Å²) in [5.74, 6) is 0. The predicted octanol–water partition coefficient (Wildman–Crippen LogP) is 3.92. The summed E-state index contributed by atoms with van der Waals surface area (Å²) in [6.45, 7) is 1.80. The molecule has 1 atom stereocenters. The van der Waals surface area contributed by atoms with E-state index in [1.807, 2.05) is 0 Å². The second-order valence-electron chi connectivity index (χ2n) is 4.59. The molecule has 0 aliphatic heterocycles. The molecule has 2 aromatic rings. The third kappa shape index (κ3) is 3.97. The van der Waals surface area contributed by atoms with Gasteiger partial charge in [-0.2, -0.15) is 0 Å². The van der Waals surface area contributed by atoms with Crippen molar-refractivity contribution in [3.05, 3.63) is 57.5 Å². The molecule has 0 saturated carbocycles. The van der Waals surface area contributed by atoms with Crippen LogP contribution in [0.5, 0.6) is 0 Å². The van der Waals surface area contributed by atoms with Crippen LogP contribution in [0.15, 0.2) is 51.8 Å². The van der Waals surface area contributed by atoms with Gasteiger partial charge in [-0.25, -0.2) is 8.42 Å². The number of hydrogen-bond acceptors (Lipinski definition) is 3. The maximum absolute atomic E-state index is 12.4. The van der Waals surface area contributed by atoms with E-state index in [9.17, 15) is 8.42 Å². The molecule has 1 unspecified atom stereocenters. The minimum atomic E-state index is -3.72. The van der Waals surface area contributed by atoms with Crippen molar-refractivity contribution < 1.29 is 8.42 Å². The van der Waals surface area contributed by atoms with Crippen molar-refractivity contribution in [1.82, 2.24) is 0 Å². The van der Waals surface area contributed by atoms with Gasteiger partial charge in [0.1, 0.15) is 0 Å². The van der Waals surface area contributed by atoms with Crippen LogP contribution in [-0.2, 0) is 10.0 Å². The molecule has 2 aromatic carbocycles. The molecule has 4 nitrogen and oxygen atoms in total. The quantitative estimate of drug-likeness (QED) is 0.832. The number of sulfonamides is 1. The zero-order chi connectivity index (χ0) is 15.6. The summed E-state index contributed by atoms with van der Waals surface area (Å²) in [6.07, 6.45) is 0. The van der Waals surface area contributed by atoms with Crippen molar-refractivity contribution in [3.63, 3.8) is 0 Å². The standard InChI is InChI=1S/C14H14BrClN2O2S/c1-9(17)10-3-2-4-12(7-10)21(19,20)18-14-8-11(15)5-6-13(14)16/h2-9,18H,17H2,1H3. The molecule has 0 aliphatic carbocycles. The van der Waals surface area contributed by atoms with Gasteiger partial charge in [0.05, 0.1) is 15.6 Å². The van der Waals surface area contributed by atoms with E-state index in [0.29, 0.717) is 10.7 Å². The van der Waals surface area contributed by atoms with Gasteiger partial charge >= 0.3 is 0 Å². The van der Waals surface area contributed by atoms with Crippen LogP contribution in [0.4, 0.5) is 5.69 Å². The van der Waals surface area contributed by atoms with Crippen molar-refractivity contribution in [1.29, 1.82) is 0 Å².